The number of alkyl carbamates (subject to hydrolysis) is 1. The van der Waals surface area contributed by atoms with E-state index in [1.165, 1.54) is 12.3 Å². The molecule has 0 bridgehead atoms. The molecular formula is C17H26F3N3O5. The van der Waals surface area contributed by atoms with Crippen molar-refractivity contribution in [3.05, 3.63) is 18.0 Å². The molecule has 1 aromatic rings. The zero-order valence-corrected chi connectivity index (χ0v) is 16.2. The van der Waals surface area contributed by atoms with E-state index in [1.807, 2.05) is 0 Å². The molecule has 0 saturated carbocycles. The van der Waals surface area contributed by atoms with Crippen LogP contribution in [0.1, 0.15) is 38.2 Å². The molecule has 3 N–H and O–H groups in total. The minimum absolute atomic E-state index is 0.101. The molecule has 11 heteroatoms. The molecule has 1 unspecified atom stereocenters. The van der Waals surface area contributed by atoms with Gasteiger partial charge in [-0.1, -0.05) is 0 Å². The van der Waals surface area contributed by atoms with Crippen LogP contribution in [-0.2, 0) is 14.2 Å². The molecule has 1 aromatic heterocycles. The van der Waals surface area contributed by atoms with Gasteiger partial charge in [0.1, 0.15) is 17.9 Å². The number of ether oxygens (including phenoxy) is 3. The predicted octanol–water partition coefficient (Wildman–Crippen LogP) is 3.08. The summed E-state index contributed by atoms with van der Waals surface area (Å²) in [5.74, 6) is -0.602. The van der Waals surface area contributed by atoms with E-state index >= 15 is 0 Å². The number of rotatable bonds is 9. The van der Waals surface area contributed by atoms with Crippen LogP contribution in [0.5, 0.6) is 0 Å². The first-order valence-corrected chi connectivity index (χ1v) is 8.65. The van der Waals surface area contributed by atoms with Crippen LogP contribution in [0.2, 0.25) is 0 Å². The fraction of sp³-hybridized carbons (Fsp3) is 0.647. The first kappa shape index (κ1) is 23.6. The standard InChI is InChI=1S/C17H26F3N3O5/c1-5-26-14(24)13-12(6-7-21-13)22-8-11(27-10-17(18,19)20)9-23-15(25)28-16(2,3)4/h6-7,11,21-22H,5,8-10H2,1-4H3,(H,23,25). The summed E-state index contributed by atoms with van der Waals surface area (Å²) in [6, 6.07) is 1.54. The number of nitrogens with one attached hydrogen (secondary N) is 3. The smallest absolute Gasteiger partial charge is 0.411 e. The molecule has 0 radical (unpaired) electrons. The number of aromatic amines is 1. The number of amides is 1. The second kappa shape index (κ2) is 10.2. The Morgan fingerprint density at radius 3 is 2.46 bits per heavy atom. The van der Waals surface area contributed by atoms with Crippen molar-refractivity contribution in [3.8, 4) is 0 Å². The highest BCUT2D eigenvalue weighted by atomic mass is 19.4. The van der Waals surface area contributed by atoms with Crippen molar-refractivity contribution >= 4 is 17.7 Å². The van der Waals surface area contributed by atoms with Crippen molar-refractivity contribution < 1.29 is 37.0 Å². The Kier molecular flexibility index (Phi) is 8.61. The van der Waals surface area contributed by atoms with Crippen molar-refractivity contribution in [1.29, 1.82) is 0 Å². The third kappa shape index (κ3) is 9.49. The van der Waals surface area contributed by atoms with E-state index < -0.39 is 36.6 Å². The van der Waals surface area contributed by atoms with E-state index in [9.17, 15) is 22.8 Å². The van der Waals surface area contributed by atoms with E-state index in [0.717, 1.165) is 0 Å². The minimum Gasteiger partial charge on any atom is -0.461 e. The maximum atomic E-state index is 12.5. The monoisotopic (exact) mass is 409 g/mol. The number of carbonyl (C=O) groups is 2. The molecule has 8 nitrogen and oxygen atoms in total. The summed E-state index contributed by atoms with van der Waals surface area (Å²) in [5.41, 5.74) is -0.266. The van der Waals surface area contributed by atoms with E-state index in [0.29, 0.717) is 5.69 Å². The van der Waals surface area contributed by atoms with Gasteiger partial charge in [0, 0.05) is 19.3 Å². The van der Waals surface area contributed by atoms with Gasteiger partial charge in [0.2, 0.25) is 0 Å². The Morgan fingerprint density at radius 1 is 1.21 bits per heavy atom. The number of alkyl halides is 3. The van der Waals surface area contributed by atoms with Crippen LogP contribution < -0.4 is 10.6 Å². The quantitative estimate of drug-likeness (QED) is 0.542. The highest BCUT2D eigenvalue weighted by Crippen LogP contribution is 2.17. The van der Waals surface area contributed by atoms with E-state index in [2.05, 4.69) is 15.6 Å². The lowest BCUT2D eigenvalue weighted by Crippen LogP contribution is -2.41. The molecule has 0 aliphatic carbocycles. The molecule has 0 aliphatic heterocycles. The lowest BCUT2D eigenvalue weighted by molar-refractivity contribution is -0.183. The lowest BCUT2D eigenvalue weighted by atomic mass is 10.2. The van der Waals surface area contributed by atoms with E-state index in [1.54, 1.807) is 27.7 Å². The summed E-state index contributed by atoms with van der Waals surface area (Å²) in [4.78, 5) is 26.2. The lowest BCUT2D eigenvalue weighted by Gasteiger charge is -2.23. The molecule has 0 aliphatic rings. The summed E-state index contributed by atoms with van der Waals surface area (Å²) in [6.07, 6.45) is -4.84. The number of anilines is 1. The predicted molar refractivity (Wildman–Crippen MR) is 95.3 cm³/mol. The van der Waals surface area contributed by atoms with Crippen LogP contribution in [-0.4, -0.2) is 61.2 Å². The minimum atomic E-state index is -4.52. The number of H-pyrrole nitrogens is 1. The van der Waals surface area contributed by atoms with Gasteiger partial charge in [-0.3, -0.25) is 0 Å². The molecule has 28 heavy (non-hydrogen) atoms. The van der Waals surface area contributed by atoms with Crippen molar-refractivity contribution in [2.24, 2.45) is 0 Å². The first-order chi connectivity index (χ1) is 12.9. The molecule has 0 aromatic carbocycles. The summed E-state index contributed by atoms with van der Waals surface area (Å²) in [7, 11) is 0. The van der Waals surface area contributed by atoms with Crippen molar-refractivity contribution in [3.63, 3.8) is 0 Å². The Morgan fingerprint density at radius 2 is 1.89 bits per heavy atom. The topological polar surface area (TPSA) is 102 Å². The summed E-state index contributed by atoms with van der Waals surface area (Å²) >= 11 is 0. The highest BCUT2D eigenvalue weighted by molar-refractivity contribution is 5.93. The molecule has 0 spiro atoms. The van der Waals surface area contributed by atoms with Crippen LogP contribution in [0.15, 0.2) is 12.3 Å². The van der Waals surface area contributed by atoms with Gasteiger partial charge >= 0.3 is 18.2 Å². The maximum Gasteiger partial charge on any atom is 0.411 e. The molecule has 1 amide bonds. The third-order valence-corrected chi connectivity index (χ3v) is 3.10. The van der Waals surface area contributed by atoms with Crippen molar-refractivity contribution in [1.82, 2.24) is 10.3 Å². The fourth-order valence-electron chi connectivity index (χ4n) is 2.03. The summed E-state index contributed by atoms with van der Waals surface area (Å²) in [5, 5.41) is 5.19. The Hall–Kier alpha value is -2.43. The highest BCUT2D eigenvalue weighted by Gasteiger charge is 2.30. The second-order valence-electron chi connectivity index (χ2n) is 6.80. The molecule has 1 rings (SSSR count). The third-order valence-electron chi connectivity index (χ3n) is 3.10. The zero-order chi connectivity index (χ0) is 21.4. The molecule has 160 valence electrons. The number of aromatic nitrogens is 1. The Labute approximate surface area is 161 Å². The molecule has 1 heterocycles. The number of esters is 1. The fourth-order valence-corrected chi connectivity index (χ4v) is 2.03. The molecule has 1 atom stereocenters. The maximum absolute atomic E-state index is 12.5. The van der Waals surface area contributed by atoms with E-state index in [-0.39, 0.29) is 25.4 Å². The van der Waals surface area contributed by atoms with Gasteiger partial charge in [-0.2, -0.15) is 13.2 Å². The van der Waals surface area contributed by atoms with Crippen LogP contribution in [0.3, 0.4) is 0 Å². The average molecular weight is 409 g/mol. The first-order valence-electron chi connectivity index (χ1n) is 8.65. The van der Waals surface area contributed by atoms with Crippen LogP contribution in [0.4, 0.5) is 23.7 Å². The van der Waals surface area contributed by atoms with Gasteiger partial charge < -0.3 is 29.8 Å². The van der Waals surface area contributed by atoms with Crippen molar-refractivity contribution in [2.45, 2.75) is 45.6 Å². The van der Waals surface area contributed by atoms with Gasteiger partial charge in [-0.05, 0) is 33.8 Å². The Balaban J connectivity index is 2.69. The van der Waals surface area contributed by atoms with Gasteiger partial charge in [0.15, 0.2) is 0 Å². The number of carbonyl (C=O) groups excluding carboxylic acids is 2. The average Bonchev–Trinajstić information content (AvgIpc) is 3.00. The number of hydrogen-bond acceptors (Lipinski definition) is 6. The van der Waals surface area contributed by atoms with Crippen molar-refractivity contribution in [2.75, 3.05) is 31.6 Å². The van der Waals surface area contributed by atoms with Gasteiger partial charge in [-0.15, -0.1) is 0 Å². The van der Waals surface area contributed by atoms with Crippen LogP contribution >= 0.6 is 0 Å². The molecule has 0 saturated heterocycles. The number of halogens is 3. The molecule has 0 fully saturated rings. The SMILES string of the molecule is CCOC(=O)c1[nH]ccc1NCC(CNC(=O)OC(C)(C)C)OCC(F)(F)F. The molecular weight excluding hydrogens is 383 g/mol. The second-order valence-corrected chi connectivity index (χ2v) is 6.80. The largest absolute Gasteiger partial charge is 0.461 e. The van der Waals surface area contributed by atoms with Crippen LogP contribution in [0, 0.1) is 0 Å². The van der Waals surface area contributed by atoms with Gasteiger partial charge in [0.25, 0.3) is 0 Å². The Bertz CT molecular complexity index is 641. The summed E-state index contributed by atoms with van der Waals surface area (Å²) in [6.45, 7) is 5.00. The van der Waals surface area contributed by atoms with E-state index in [4.69, 9.17) is 14.2 Å². The normalized spacial score (nSPS) is 13.0. The van der Waals surface area contributed by atoms with Gasteiger partial charge in [-0.25, -0.2) is 9.59 Å². The summed E-state index contributed by atoms with van der Waals surface area (Å²) < 4.78 is 52.2. The zero-order valence-electron chi connectivity index (χ0n) is 16.2. The van der Waals surface area contributed by atoms with Gasteiger partial charge in [0.05, 0.1) is 18.4 Å². The van der Waals surface area contributed by atoms with Crippen LogP contribution in [0.25, 0.3) is 0 Å². The number of hydrogen-bond donors (Lipinski definition) is 3.